The van der Waals surface area contributed by atoms with Gasteiger partial charge in [0, 0.05) is 6.42 Å². The molecular formula is C19H36O2. The standard InChI is InChI=1S/C19H36O2/c1-3-5-7-8-9-10-11-12-13-14-15-16-17-19(20)21-18-6-4-2/h7-8H,3-6,9-18H2,1-2H3/b8-7+. The number of ether oxygens (including phenoxy) is 1. The third-order valence-electron chi connectivity index (χ3n) is 3.63. The van der Waals surface area contributed by atoms with Crippen molar-refractivity contribution >= 4 is 5.97 Å². The summed E-state index contributed by atoms with van der Waals surface area (Å²) >= 11 is 0. The molecule has 0 amide bonds. The van der Waals surface area contributed by atoms with Crippen LogP contribution in [0.3, 0.4) is 0 Å². The number of hydrogen-bond donors (Lipinski definition) is 0. The molecule has 0 bridgehead atoms. The van der Waals surface area contributed by atoms with E-state index in [2.05, 4.69) is 26.0 Å². The van der Waals surface area contributed by atoms with Crippen LogP contribution >= 0.6 is 0 Å². The molecule has 0 heterocycles. The Morgan fingerprint density at radius 1 is 0.762 bits per heavy atom. The van der Waals surface area contributed by atoms with Gasteiger partial charge in [-0.3, -0.25) is 4.79 Å². The van der Waals surface area contributed by atoms with E-state index < -0.39 is 0 Å². The topological polar surface area (TPSA) is 26.3 Å². The van der Waals surface area contributed by atoms with Crippen LogP contribution in [0.25, 0.3) is 0 Å². The number of esters is 1. The van der Waals surface area contributed by atoms with E-state index in [4.69, 9.17) is 4.74 Å². The average Bonchev–Trinajstić information content (AvgIpc) is 2.48. The molecule has 0 fully saturated rings. The van der Waals surface area contributed by atoms with E-state index in [1.807, 2.05) is 0 Å². The van der Waals surface area contributed by atoms with Crippen LogP contribution in [0.15, 0.2) is 12.2 Å². The fraction of sp³-hybridized carbons (Fsp3) is 0.842. The summed E-state index contributed by atoms with van der Waals surface area (Å²) in [5, 5.41) is 0. The van der Waals surface area contributed by atoms with E-state index in [0.717, 1.165) is 19.3 Å². The van der Waals surface area contributed by atoms with E-state index >= 15 is 0 Å². The van der Waals surface area contributed by atoms with Gasteiger partial charge in [0.25, 0.3) is 0 Å². The number of unbranched alkanes of at least 4 members (excludes halogenated alkanes) is 9. The van der Waals surface area contributed by atoms with Gasteiger partial charge < -0.3 is 4.74 Å². The maximum atomic E-state index is 11.4. The van der Waals surface area contributed by atoms with E-state index in [-0.39, 0.29) is 5.97 Å². The molecule has 0 rings (SSSR count). The van der Waals surface area contributed by atoms with Gasteiger partial charge in [-0.2, -0.15) is 0 Å². The van der Waals surface area contributed by atoms with Gasteiger partial charge in [-0.15, -0.1) is 0 Å². The number of allylic oxidation sites excluding steroid dienone is 2. The van der Waals surface area contributed by atoms with Gasteiger partial charge in [0.2, 0.25) is 0 Å². The predicted octanol–water partition coefficient (Wildman–Crippen LogP) is 6.20. The Hall–Kier alpha value is -0.790. The molecule has 0 radical (unpaired) electrons. The highest BCUT2D eigenvalue weighted by molar-refractivity contribution is 5.69. The zero-order valence-electron chi connectivity index (χ0n) is 14.4. The summed E-state index contributed by atoms with van der Waals surface area (Å²) in [4.78, 5) is 11.4. The summed E-state index contributed by atoms with van der Waals surface area (Å²) in [6.45, 7) is 4.92. The van der Waals surface area contributed by atoms with Gasteiger partial charge in [-0.1, -0.05) is 70.9 Å². The second-order valence-corrected chi connectivity index (χ2v) is 5.85. The summed E-state index contributed by atoms with van der Waals surface area (Å²) in [6, 6.07) is 0. The van der Waals surface area contributed by atoms with Gasteiger partial charge in [0.05, 0.1) is 6.61 Å². The van der Waals surface area contributed by atoms with Crippen molar-refractivity contribution in [1.29, 1.82) is 0 Å². The van der Waals surface area contributed by atoms with Crippen molar-refractivity contribution in [2.24, 2.45) is 0 Å². The Balaban J connectivity index is 3.13. The maximum Gasteiger partial charge on any atom is 0.305 e. The summed E-state index contributed by atoms with van der Waals surface area (Å²) in [5.41, 5.74) is 0. The van der Waals surface area contributed by atoms with Crippen molar-refractivity contribution in [3.8, 4) is 0 Å². The monoisotopic (exact) mass is 296 g/mol. The Bertz CT molecular complexity index is 246. The third-order valence-corrected chi connectivity index (χ3v) is 3.63. The molecular weight excluding hydrogens is 260 g/mol. The molecule has 0 aromatic rings. The zero-order valence-corrected chi connectivity index (χ0v) is 14.4. The molecule has 124 valence electrons. The van der Waals surface area contributed by atoms with E-state index in [1.165, 1.54) is 57.8 Å². The lowest BCUT2D eigenvalue weighted by Crippen LogP contribution is -2.05. The molecule has 0 aliphatic carbocycles. The number of hydrogen-bond acceptors (Lipinski definition) is 2. The molecule has 0 aromatic carbocycles. The van der Waals surface area contributed by atoms with Gasteiger partial charge >= 0.3 is 5.97 Å². The predicted molar refractivity (Wildman–Crippen MR) is 91.5 cm³/mol. The molecule has 0 aromatic heterocycles. The van der Waals surface area contributed by atoms with Crippen LogP contribution in [0.2, 0.25) is 0 Å². The minimum Gasteiger partial charge on any atom is -0.466 e. The lowest BCUT2D eigenvalue weighted by molar-refractivity contribution is -0.143. The minimum atomic E-state index is -0.0117. The van der Waals surface area contributed by atoms with E-state index in [0.29, 0.717) is 13.0 Å². The van der Waals surface area contributed by atoms with Crippen LogP contribution in [0.1, 0.15) is 97.3 Å². The summed E-state index contributed by atoms with van der Waals surface area (Å²) < 4.78 is 5.14. The van der Waals surface area contributed by atoms with Crippen LogP contribution in [-0.4, -0.2) is 12.6 Å². The molecule has 0 atom stereocenters. The smallest absolute Gasteiger partial charge is 0.305 e. The molecule has 2 heteroatoms. The van der Waals surface area contributed by atoms with Gasteiger partial charge in [0.1, 0.15) is 0 Å². The van der Waals surface area contributed by atoms with E-state index in [9.17, 15) is 4.79 Å². The Labute approximate surface area is 132 Å². The zero-order chi connectivity index (χ0) is 15.6. The second-order valence-electron chi connectivity index (χ2n) is 5.85. The normalized spacial score (nSPS) is 11.1. The van der Waals surface area contributed by atoms with Crippen molar-refractivity contribution in [3.05, 3.63) is 12.2 Å². The van der Waals surface area contributed by atoms with Crippen LogP contribution in [0.5, 0.6) is 0 Å². The third kappa shape index (κ3) is 17.2. The second kappa shape index (κ2) is 17.3. The van der Waals surface area contributed by atoms with Crippen LogP contribution in [-0.2, 0) is 9.53 Å². The molecule has 0 saturated heterocycles. The molecule has 2 nitrogen and oxygen atoms in total. The Morgan fingerprint density at radius 2 is 1.38 bits per heavy atom. The minimum absolute atomic E-state index is 0.0117. The first kappa shape index (κ1) is 20.2. The van der Waals surface area contributed by atoms with Crippen molar-refractivity contribution in [3.63, 3.8) is 0 Å². The quantitative estimate of drug-likeness (QED) is 0.204. The summed E-state index contributed by atoms with van der Waals surface area (Å²) in [5.74, 6) is -0.0117. The van der Waals surface area contributed by atoms with Crippen molar-refractivity contribution in [2.75, 3.05) is 6.61 Å². The molecule has 0 N–H and O–H groups in total. The van der Waals surface area contributed by atoms with Gasteiger partial charge in [-0.05, 0) is 32.1 Å². The Kier molecular flexibility index (Phi) is 16.6. The highest BCUT2D eigenvalue weighted by Gasteiger charge is 2.01. The summed E-state index contributed by atoms with van der Waals surface area (Å²) in [7, 11) is 0. The van der Waals surface area contributed by atoms with Crippen molar-refractivity contribution < 1.29 is 9.53 Å². The molecule has 0 unspecified atom stereocenters. The molecule has 21 heavy (non-hydrogen) atoms. The fourth-order valence-electron chi connectivity index (χ4n) is 2.22. The first-order valence-electron chi connectivity index (χ1n) is 9.11. The van der Waals surface area contributed by atoms with Gasteiger partial charge in [-0.25, -0.2) is 0 Å². The highest BCUT2D eigenvalue weighted by Crippen LogP contribution is 2.10. The highest BCUT2D eigenvalue weighted by atomic mass is 16.5. The number of carbonyl (C=O) groups is 1. The number of carbonyl (C=O) groups excluding carboxylic acids is 1. The van der Waals surface area contributed by atoms with Crippen molar-refractivity contribution in [1.82, 2.24) is 0 Å². The first-order valence-corrected chi connectivity index (χ1v) is 9.11. The lowest BCUT2D eigenvalue weighted by atomic mass is 10.1. The molecule has 0 spiro atoms. The fourth-order valence-corrected chi connectivity index (χ4v) is 2.22. The van der Waals surface area contributed by atoms with Gasteiger partial charge in [0.15, 0.2) is 0 Å². The average molecular weight is 296 g/mol. The maximum absolute atomic E-state index is 11.4. The SMILES string of the molecule is CCC/C=C/CCCCCCCCCC(=O)OCCCC. The van der Waals surface area contributed by atoms with Crippen LogP contribution in [0, 0.1) is 0 Å². The first-order chi connectivity index (χ1) is 10.3. The van der Waals surface area contributed by atoms with Crippen LogP contribution in [0.4, 0.5) is 0 Å². The molecule has 0 aliphatic heterocycles. The van der Waals surface area contributed by atoms with Crippen LogP contribution < -0.4 is 0 Å². The largest absolute Gasteiger partial charge is 0.466 e. The molecule has 0 aliphatic rings. The van der Waals surface area contributed by atoms with Crippen molar-refractivity contribution in [2.45, 2.75) is 97.3 Å². The summed E-state index contributed by atoms with van der Waals surface area (Å²) in [6.07, 6.45) is 19.7. The molecule has 0 saturated carbocycles. The van der Waals surface area contributed by atoms with E-state index in [1.54, 1.807) is 0 Å². The number of rotatable bonds is 15. The lowest BCUT2D eigenvalue weighted by Gasteiger charge is -2.04. The Morgan fingerprint density at radius 3 is 2.05 bits per heavy atom.